The van der Waals surface area contributed by atoms with Crippen LogP contribution in [0.5, 0.6) is 0 Å². The van der Waals surface area contributed by atoms with Gasteiger partial charge in [-0.05, 0) is 52.8 Å². The Labute approximate surface area is 249 Å². The van der Waals surface area contributed by atoms with Crippen LogP contribution < -0.4 is 0 Å². The molecule has 0 aromatic heterocycles. The van der Waals surface area contributed by atoms with Crippen LogP contribution in [0.25, 0.3) is 0 Å². The molecule has 2 rings (SSSR count). The molecule has 0 aliphatic carbocycles. The molecule has 1 saturated heterocycles. The predicted octanol–water partition coefficient (Wildman–Crippen LogP) is 1.40. The van der Waals surface area contributed by atoms with Gasteiger partial charge in [0.2, 0.25) is 0 Å². The van der Waals surface area contributed by atoms with Crippen molar-refractivity contribution in [3.05, 3.63) is 23.8 Å². The standard InChI is InChI=1S/C31H51NO10/c1-8-25-22(16-34)13-17(2)9-10-23(35)18(3)14-21(11-12-33)30(19(4)24(36)15-26(37)41-25)42-31-29(39)27(32(6)7)28(38)20(5)40-31/h9-10,12-13,18-22,24-25,27-31,34,36,38-39H,8,11,14-16H2,1-7H3/b10-9+,17-13+/t18-,19+,20-,21?,22-,24-,25-,27+,28-,29-,30-,31-/m1/s1. The predicted molar refractivity (Wildman–Crippen MR) is 155 cm³/mol. The SMILES string of the molecule is CC[C@H]1OC(=O)C[C@@H](O)[C@H](C)[C@@H](O[C@H]2O[C@H](C)[C@@H](O)[C@H](N(C)C)[C@H]2O)C(CC=O)C[C@@H](C)C(=O)/C=C/C(C)=C/[C@@H]1CO. The van der Waals surface area contributed by atoms with E-state index in [1.807, 2.05) is 6.92 Å². The molecular formula is C31H51NO10. The Morgan fingerprint density at radius 1 is 1.10 bits per heavy atom. The molecule has 0 spiro atoms. The number of aliphatic hydroxyl groups excluding tert-OH is 4. The van der Waals surface area contributed by atoms with E-state index in [2.05, 4.69) is 0 Å². The molecule has 0 bridgehead atoms. The van der Waals surface area contributed by atoms with Gasteiger partial charge < -0.3 is 44.3 Å². The molecule has 4 N–H and O–H groups in total. The zero-order chi connectivity index (χ0) is 31.7. The number of ketones is 1. The molecule has 240 valence electrons. The van der Waals surface area contributed by atoms with E-state index in [4.69, 9.17) is 14.2 Å². The van der Waals surface area contributed by atoms with Crippen molar-refractivity contribution in [2.24, 2.45) is 23.7 Å². The van der Waals surface area contributed by atoms with Gasteiger partial charge in [-0.2, -0.15) is 0 Å². The van der Waals surface area contributed by atoms with Gasteiger partial charge in [0.1, 0.15) is 18.5 Å². The summed E-state index contributed by atoms with van der Waals surface area (Å²) in [5.41, 5.74) is 0.714. The monoisotopic (exact) mass is 597 g/mol. The zero-order valence-electron chi connectivity index (χ0n) is 26.0. The first-order chi connectivity index (χ1) is 19.7. The van der Waals surface area contributed by atoms with Crippen LogP contribution in [0.2, 0.25) is 0 Å². The van der Waals surface area contributed by atoms with E-state index >= 15 is 0 Å². The van der Waals surface area contributed by atoms with E-state index < -0.39 is 78.6 Å². The maximum Gasteiger partial charge on any atom is 0.308 e. The molecule has 11 heteroatoms. The molecule has 2 aliphatic heterocycles. The largest absolute Gasteiger partial charge is 0.462 e. The first kappa shape index (κ1) is 36.2. The fourth-order valence-corrected chi connectivity index (χ4v) is 5.93. The number of hydrogen-bond acceptors (Lipinski definition) is 11. The summed E-state index contributed by atoms with van der Waals surface area (Å²) in [6.45, 7) is 8.42. The van der Waals surface area contributed by atoms with Gasteiger partial charge in [-0.1, -0.05) is 38.5 Å². The zero-order valence-corrected chi connectivity index (χ0v) is 26.0. The fraction of sp³-hybridized carbons (Fsp3) is 0.774. The molecule has 0 aromatic rings. The van der Waals surface area contributed by atoms with Crippen LogP contribution in [0.1, 0.15) is 60.3 Å². The molecule has 0 aromatic carbocycles. The Balaban J connectivity index is 2.52. The average molecular weight is 598 g/mol. The van der Waals surface area contributed by atoms with E-state index in [-0.39, 0.29) is 31.7 Å². The first-order valence-electron chi connectivity index (χ1n) is 14.9. The lowest BCUT2D eigenvalue weighted by Gasteiger charge is -2.46. The van der Waals surface area contributed by atoms with E-state index in [1.165, 1.54) is 6.08 Å². The fourth-order valence-electron chi connectivity index (χ4n) is 5.93. The summed E-state index contributed by atoms with van der Waals surface area (Å²) in [4.78, 5) is 39.6. The number of allylic oxidation sites excluding steroid dienone is 3. The van der Waals surface area contributed by atoms with Gasteiger partial charge in [0.25, 0.3) is 0 Å². The maximum absolute atomic E-state index is 13.1. The van der Waals surface area contributed by atoms with Crippen molar-refractivity contribution in [1.29, 1.82) is 0 Å². The highest BCUT2D eigenvalue weighted by Crippen LogP contribution is 2.34. The maximum atomic E-state index is 13.1. The van der Waals surface area contributed by atoms with Crippen LogP contribution in [0, 0.1) is 23.7 Å². The van der Waals surface area contributed by atoms with Gasteiger partial charge in [0.05, 0.1) is 43.5 Å². The molecule has 0 amide bonds. The number of ether oxygens (including phenoxy) is 3. The summed E-state index contributed by atoms with van der Waals surface area (Å²) in [7, 11) is 3.43. The molecule has 1 unspecified atom stereocenters. The molecule has 42 heavy (non-hydrogen) atoms. The smallest absolute Gasteiger partial charge is 0.308 e. The molecule has 12 atom stereocenters. The summed E-state index contributed by atoms with van der Waals surface area (Å²) >= 11 is 0. The van der Waals surface area contributed by atoms with Gasteiger partial charge in [0, 0.05) is 24.2 Å². The molecule has 1 fully saturated rings. The summed E-state index contributed by atoms with van der Waals surface area (Å²) in [5, 5.41) is 43.0. The highest BCUT2D eigenvalue weighted by atomic mass is 16.7. The van der Waals surface area contributed by atoms with E-state index in [0.717, 1.165) is 6.29 Å². The van der Waals surface area contributed by atoms with Crippen LogP contribution in [0.4, 0.5) is 0 Å². The van der Waals surface area contributed by atoms with Crippen molar-refractivity contribution in [1.82, 2.24) is 4.90 Å². The molecule has 2 heterocycles. The van der Waals surface area contributed by atoms with E-state index in [0.29, 0.717) is 12.0 Å². The number of aliphatic hydroxyl groups is 4. The number of aldehydes is 1. The number of carbonyl (C=O) groups is 3. The second kappa shape index (κ2) is 16.7. The molecule has 0 radical (unpaired) electrons. The van der Waals surface area contributed by atoms with Crippen molar-refractivity contribution >= 4 is 18.0 Å². The van der Waals surface area contributed by atoms with Gasteiger partial charge in [-0.25, -0.2) is 0 Å². The van der Waals surface area contributed by atoms with Crippen molar-refractivity contribution in [2.45, 2.75) is 109 Å². The number of rotatable bonds is 7. The third-order valence-electron chi connectivity index (χ3n) is 8.56. The molecule has 11 nitrogen and oxygen atoms in total. The number of esters is 1. The number of nitrogens with zero attached hydrogens (tertiary/aromatic N) is 1. The van der Waals surface area contributed by atoms with Crippen molar-refractivity contribution < 1.29 is 49.0 Å². The Kier molecular flexibility index (Phi) is 14.4. The van der Waals surface area contributed by atoms with Crippen LogP contribution in [-0.4, -0.2) is 113 Å². The Hall–Kier alpha value is -1.99. The lowest BCUT2D eigenvalue weighted by molar-refractivity contribution is -0.304. The summed E-state index contributed by atoms with van der Waals surface area (Å²) in [6, 6.07) is -0.711. The normalized spacial score (nSPS) is 41.6. The van der Waals surface area contributed by atoms with E-state index in [1.54, 1.807) is 58.8 Å². The summed E-state index contributed by atoms with van der Waals surface area (Å²) in [5.74, 6) is -3.16. The van der Waals surface area contributed by atoms with Gasteiger partial charge in [-0.15, -0.1) is 0 Å². The number of hydrogen-bond donors (Lipinski definition) is 4. The topological polar surface area (TPSA) is 163 Å². The Bertz CT molecular complexity index is 952. The lowest BCUT2D eigenvalue weighted by atomic mass is 9.79. The third kappa shape index (κ3) is 9.51. The lowest BCUT2D eigenvalue weighted by Crippen LogP contribution is -2.63. The number of carbonyl (C=O) groups excluding carboxylic acids is 3. The minimum absolute atomic E-state index is 0.000625. The van der Waals surface area contributed by atoms with Crippen LogP contribution >= 0.6 is 0 Å². The average Bonchev–Trinajstić information content (AvgIpc) is 2.93. The quantitative estimate of drug-likeness (QED) is 0.248. The highest BCUT2D eigenvalue weighted by molar-refractivity contribution is 5.91. The number of cyclic esters (lactones) is 1. The van der Waals surface area contributed by atoms with Crippen molar-refractivity contribution in [3.63, 3.8) is 0 Å². The minimum atomic E-state index is -1.27. The second-order valence-corrected chi connectivity index (χ2v) is 12.1. The molecule has 2 aliphatic rings. The molecule has 0 saturated carbocycles. The number of likely N-dealkylation sites (N-methyl/N-ethyl adjacent to an activating group) is 1. The minimum Gasteiger partial charge on any atom is -0.462 e. The Morgan fingerprint density at radius 3 is 2.33 bits per heavy atom. The van der Waals surface area contributed by atoms with Gasteiger partial charge >= 0.3 is 5.97 Å². The van der Waals surface area contributed by atoms with Crippen molar-refractivity contribution in [3.8, 4) is 0 Å². The van der Waals surface area contributed by atoms with Crippen molar-refractivity contribution in [2.75, 3.05) is 20.7 Å². The Morgan fingerprint density at radius 2 is 1.76 bits per heavy atom. The summed E-state index contributed by atoms with van der Waals surface area (Å²) < 4.78 is 17.9. The van der Waals surface area contributed by atoms with Gasteiger partial charge in [-0.3, -0.25) is 9.59 Å². The van der Waals surface area contributed by atoms with Gasteiger partial charge in [0.15, 0.2) is 12.1 Å². The van der Waals surface area contributed by atoms with Crippen LogP contribution in [-0.2, 0) is 28.6 Å². The first-order valence-corrected chi connectivity index (χ1v) is 14.9. The van der Waals surface area contributed by atoms with E-state index in [9.17, 15) is 34.8 Å². The highest BCUT2D eigenvalue weighted by Gasteiger charge is 2.47. The van der Waals surface area contributed by atoms with Crippen LogP contribution in [0.3, 0.4) is 0 Å². The van der Waals surface area contributed by atoms with Crippen LogP contribution in [0.15, 0.2) is 23.8 Å². The second-order valence-electron chi connectivity index (χ2n) is 12.1. The molecular weight excluding hydrogens is 546 g/mol. The summed E-state index contributed by atoms with van der Waals surface area (Å²) in [6.07, 6.45) is -1.12. The third-order valence-corrected chi connectivity index (χ3v) is 8.56.